The van der Waals surface area contributed by atoms with Crippen LogP contribution >= 0.6 is 11.8 Å². The second kappa shape index (κ2) is 12.6. The van der Waals surface area contributed by atoms with Crippen molar-refractivity contribution >= 4 is 52.2 Å². The van der Waals surface area contributed by atoms with Gasteiger partial charge in [-0.05, 0) is 42.7 Å². The molecule has 17 heteroatoms. The van der Waals surface area contributed by atoms with Crippen LogP contribution in [0.5, 0.6) is 17.2 Å². The summed E-state index contributed by atoms with van der Waals surface area (Å²) in [5.74, 6) is -10.9. The van der Waals surface area contributed by atoms with E-state index in [9.17, 15) is 29.6 Å². The summed E-state index contributed by atoms with van der Waals surface area (Å²) in [6.45, 7) is 0.199. The molecule has 0 saturated carbocycles. The predicted molar refractivity (Wildman–Crippen MR) is 171 cm³/mol. The minimum absolute atomic E-state index is 0.0127. The first-order valence-electron chi connectivity index (χ1n) is 14.3. The first-order valence-corrected chi connectivity index (χ1v) is 15.1. The fraction of sp³-hybridized carbons (Fsp3) is 0.226. The number of benzene rings is 3. The number of aliphatic carboxylic acids is 1. The van der Waals surface area contributed by atoms with Gasteiger partial charge in [0, 0.05) is 35.0 Å². The molecule has 6 N–H and O–H groups in total. The fourth-order valence-electron chi connectivity index (χ4n) is 5.64. The third kappa shape index (κ3) is 6.55. The molecule has 0 amide bonds. The van der Waals surface area contributed by atoms with Crippen LogP contribution in [0.3, 0.4) is 0 Å². The normalized spacial score (nSPS) is 15.6. The van der Waals surface area contributed by atoms with Gasteiger partial charge in [0.25, 0.3) is 5.97 Å². The van der Waals surface area contributed by atoms with Crippen LogP contribution in [0.1, 0.15) is 29.2 Å². The van der Waals surface area contributed by atoms with Crippen molar-refractivity contribution in [3.05, 3.63) is 89.1 Å². The quantitative estimate of drug-likeness (QED) is 0.0739. The summed E-state index contributed by atoms with van der Waals surface area (Å²) in [6.07, 6.45) is 2.88. The van der Waals surface area contributed by atoms with Gasteiger partial charge < -0.3 is 39.9 Å². The third-order valence-corrected chi connectivity index (χ3v) is 8.78. The molecule has 0 saturated heterocycles. The summed E-state index contributed by atoms with van der Waals surface area (Å²) in [7, 11) is 17.3. The molecule has 1 aliphatic rings. The zero-order valence-electron chi connectivity index (χ0n) is 24.7. The van der Waals surface area contributed by atoms with E-state index in [1.165, 1.54) is 30.6 Å². The topological polar surface area (TPSA) is 161 Å². The Bertz CT molecular complexity index is 2030. The van der Waals surface area contributed by atoms with Crippen LogP contribution in [0.15, 0.2) is 59.8 Å². The molecule has 3 aromatic carbocycles. The molecule has 2 unspecified atom stereocenters. The number of rotatable bonds is 10. The molecule has 0 spiro atoms. The van der Waals surface area contributed by atoms with Crippen molar-refractivity contribution in [2.75, 3.05) is 6.61 Å². The lowest BCUT2D eigenvalue weighted by atomic mass is 9.56. The van der Waals surface area contributed by atoms with Crippen molar-refractivity contribution in [1.29, 1.82) is 0 Å². The Morgan fingerprint density at radius 3 is 2.60 bits per heavy atom. The van der Waals surface area contributed by atoms with Crippen molar-refractivity contribution in [2.24, 2.45) is 5.92 Å². The number of para-hydroxylation sites is 1. The highest BCUT2D eigenvalue weighted by Crippen LogP contribution is 2.45. The van der Waals surface area contributed by atoms with Gasteiger partial charge in [-0.25, -0.2) is 13.8 Å². The van der Waals surface area contributed by atoms with E-state index in [1.54, 1.807) is 18.2 Å². The number of hydrogen-bond donors (Lipinski definition) is 6. The van der Waals surface area contributed by atoms with Crippen LogP contribution in [-0.2, 0) is 11.2 Å². The Kier molecular flexibility index (Phi) is 8.83. The zero-order valence-corrected chi connectivity index (χ0v) is 25.5. The molecule has 3 heterocycles. The molecule has 6 radical (unpaired) electrons. The first-order chi connectivity index (χ1) is 22.6. The number of carbonyl (C=O) groups is 1. The molecule has 240 valence electrons. The highest BCUT2D eigenvalue weighted by molar-refractivity contribution is 8.04. The molecule has 10 nitrogen and oxygen atoms in total. The summed E-state index contributed by atoms with van der Waals surface area (Å²) in [5.41, 5.74) is 1.27. The molecule has 2 aromatic heterocycles. The van der Waals surface area contributed by atoms with Gasteiger partial charge in [0.05, 0.1) is 46.1 Å². The molecular weight excluding hydrogens is 648 g/mol. The molecule has 6 rings (SSSR count). The maximum atomic E-state index is 15.3. The standard InChI is InChI=1S/C31H23B3F3N3O7S/c32-31(33,34)48-27-17-6-8-38-24(17)22(36)23(37)26(27)47-14-4-5-20(35)18(11-14)28-39-12-21(40-28)15-7-9-46-25-13(2-1-3-16(15)25)10-19(29(41)42)30(43,44)45/h1-6,8,11-12,15,19,38,43-45H,7,9-10H2,(H,39,40)(H,41,42). The lowest BCUT2D eigenvalue weighted by Crippen LogP contribution is -2.43. The maximum absolute atomic E-state index is 15.3. The first kappa shape index (κ1) is 33.6. The maximum Gasteiger partial charge on any atom is 0.315 e. The molecule has 0 bridgehead atoms. The van der Waals surface area contributed by atoms with Crippen molar-refractivity contribution in [1.82, 2.24) is 15.0 Å². The molecule has 1 aliphatic heterocycles. The lowest BCUT2D eigenvalue weighted by molar-refractivity contribution is -0.337. The number of carboxylic acid groups (broad SMARTS) is 1. The van der Waals surface area contributed by atoms with Crippen LogP contribution in [0, 0.1) is 23.4 Å². The molecule has 5 aromatic rings. The predicted octanol–water partition coefficient (Wildman–Crippen LogP) is 3.76. The number of carboxylic acids is 1. The van der Waals surface area contributed by atoms with E-state index in [-0.39, 0.29) is 45.5 Å². The minimum atomic E-state index is -3.47. The number of aromatic amines is 2. The summed E-state index contributed by atoms with van der Waals surface area (Å²) in [5, 5.41) is 38.4. The van der Waals surface area contributed by atoms with Gasteiger partial charge in [0.15, 0.2) is 11.6 Å². The Morgan fingerprint density at radius 1 is 1.12 bits per heavy atom. The van der Waals surface area contributed by atoms with Crippen molar-refractivity contribution in [3.63, 3.8) is 0 Å². The number of ether oxygens (including phenoxy) is 2. The van der Waals surface area contributed by atoms with Gasteiger partial charge in [0.2, 0.25) is 5.82 Å². The van der Waals surface area contributed by atoms with Gasteiger partial charge in [-0.2, -0.15) is 4.39 Å². The number of thioether (sulfide) groups is 1. The smallest absolute Gasteiger partial charge is 0.315 e. The van der Waals surface area contributed by atoms with Gasteiger partial charge in [-0.3, -0.25) is 4.79 Å². The molecule has 48 heavy (non-hydrogen) atoms. The molecule has 2 atom stereocenters. The van der Waals surface area contributed by atoms with Gasteiger partial charge >= 0.3 is 5.97 Å². The lowest BCUT2D eigenvalue weighted by Gasteiger charge is -2.29. The minimum Gasteiger partial charge on any atom is -0.493 e. The van der Waals surface area contributed by atoms with E-state index in [0.717, 1.165) is 6.07 Å². The van der Waals surface area contributed by atoms with E-state index >= 15 is 8.78 Å². The van der Waals surface area contributed by atoms with Crippen LogP contribution in [0.2, 0.25) is 0 Å². The van der Waals surface area contributed by atoms with Crippen molar-refractivity contribution < 1.29 is 47.9 Å². The monoisotopic (exact) mass is 671 g/mol. The highest BCUT2D eigenvalue weighted by Gasteiger charge is 2.40. The van der Waals surface area contributed by atoms with E-state index in [1.807, 2.05) is 0 Å². The van der Waals surface area contributed by atoms with Crippen LogP contribution in [0.25, 0.3) is 22.3 Å². The molecule has 0 fully saturated rings. The number of aromatic nitrogens is 3. The highest BCUT2D eigenvalue weighted by atomic mass is 32.2. The average Bonchev–Trinajstić information content (AvgIpc) is 3.70. The summed E-state index contributed by atoms with van der Waals surface area (Å²) in [4.78, 5) is 21.7. The Labute approximate surface area is 278 Å². The number of H-pyrrole nitrogens is 2. The summed E-state index contributed by atoms with van der Waals surface area (Å²) >= 11 is 0.640. The average molecular weight is 671 g/mol. The van der Waals surface area contributed by atoms with Crippen molar-refractivity contribution in [3.8, 4) is 28.6 Å². The second-order valence-corrected chi connectivity index (χ2v) is 12.6. The van der Waals surface area contributed by atoms with Gasteiger partial charge in [-0.1, -0.05) is 22.6 Å². The number of fused-ring (bicyclic) bond motifs is 2. The Balaban J connectivity index is 1.33. The Hall–Kier alpha value is -4.31. The molecular formula is C31H23B3F3N3O7S. The zero-order chi connectivity index (χ0) is 34.5. The SMILES string of the molecule is [B]C([B])([B])Sc1c(Oc2ccc(F)c(-c3ncc(C4CCOc5c(CC(C(=O)O)C(O)(O)O)cccc54)[nH]3)c2)c(F)c(F)c2[nH]ccc12. The van der Waals surface area contributed by atoms with Gasteiger partial charge in [-0.15, -0.1) is 11.8 Å². The number of nitrogens with zero attached hydrogens (tertiary/aromatic N) is 1. The van der Waals surface area contributed by atoms with Crippen LogP contribution in [0.4, 0.5) is 13.2 Å². The van der Waals surface area contributed by atoms with Crippen LogP contribution < -0.4 is 9.47 Å². The van der Waals surface area contributed by atoms with E-state index < -0.39 is 51.9 Å². The number of aliphatic hydroxyl groups is 3. The number of hydrogen-bond acceptors (Lipinski definition) is 8. The Morgan fingerprint density at radius 2 is 1.90 bits per heavy atom. The number of imidazole rings is 1. The number of halogens is 3. The largest absolute Gasteiger partial charge is 0.493 e. The van der Waals surface area contributed by atoms with Gasteiger partial charge in [0.1, 0.15) is 29.1 Å². The fourth-order valence-corrected chi connectivity index (χ4v) is 6.50. The summed E-state index contributed by atoms with van der Waals surface area (Å²) < 4.78 is 55.2. The van der Waals surface area contributed by atoms with E-state index in [0.29, 0.717) is 40.8 Å². The second-order valence-electron chi connectivity index (χ2n) is 11.2. The summed E-state index contributed by atoms with van der Waals surface area (Å²) in [6, 6.07) is 9.92. The third-order valence-electron chi connectivity index (χ3n) is 7.82. The van der Waals surface area contributed by atoms with Crippen LogP contribution in [-0.4, -0.2) is 81.9 Å². The molecule has 0 aliphatic carbocycles. The number of nitrogens with one attached hydrogen (secondary N) is 2. The van der Waals surface area contributed by atoms with Crippen molar-refractivity contribution in [2.45, 2.75) is 34.1 Å². The van der Waals surface area contributed by atoms with E-state index in [2.05, 4.69) is 15.0 Å². The van der Waals surface area contributed by atoms with E-state index in [4.69, 9.17) is 33.0 Å².